The average molecular weight is 283 g/mol. The molecule has 0 spiro atoms. The number of nitrogens with two attached hydrogens (primary N) is 1. The standard InChI is InChI=1S/C14H12F3NO2/c15-14(16,17)10-3-6-13(12(18)7-10)20-11-4-1-9(8-19)2-5-11/h1-7,19H,8,18H2. The van der Waals surface area contributed by atoms with Gasteiger partial charge in [0.2, 0.25) is 0 Å². The molecule has 2 aromatic carbocycles. The highest BCUT2D eigenvalue weighted by molar-refractivity contribution is 5.56. The summed E-state index contributed by atoms with van der Waals surface area (Å²) in [6.07, 6.45) is -4.44. The molecule has 6 heteroatoms. The minimum atomic E-state index is -4.44. The van der Waals surface area contributed by atoms with Gasteiger partial charge in [-0.3, -0.25) is 0 Å². The minimum Gasteiger partial charge on any atom is -0.455 e. The SMILES string of the molecule is Nc1cc(C(F)(F)F)ccc1Oc1ccc(CO)cc1. The minimum absolute atomic E-state index is 0.0916. The summed E-state index contributed by atoms with van der Waals surface area (Å²) in [5.74, 6) is 0.573. The second-order valence-corrected chi connectivity index (χ2v) is 4.15. The van der Waals surface area contributed by atoms with Gasteiger partial charge in [-0.15, -0.1) is 0 Å². The van der Waals surface area contributed by atoms with E-state index in [4.69, 9.17) is 15.6 Å². The van der Waals surface area contributed by atoms with Crippen molar-refractivity contribution in [2.45, 2.75) is 12.8 Å². The number of rotatable bonds is 3. The van der Waals surface area contributed by atoms with Crippen molar-refractivity contribution >= 4 is 5.69 Å². The topological polar surface area (TPSA) is 55.5 Å². The summed E-state index contributed by atoms with van der Waals surface area (Å²) in [5.41, 5.74) is 5.35. The summed E-state index contributed by atoms with van der Waals surface area (Å²) in [5, 5.41) is 8.90. The zero-order valence-corrected chi connectivity index (χ0v) is 10.3. The molecule has 0 unspecified atom stereocenters. The van der Waals surface area contributed by atoms with E-state index in [1.165, 1.54) is 6.07 Å². The van der Waals surface area contributed by atoms with E-state index in [0.717, 1.165) is 12.1 Å². The number of hydrogen-bond acceptors (Lipinski definition) is 3. The molecule has 0 saturated heterocycles. The highest BCUT2D eigenvalue weighted by Crippen LogP contribution is 2.35. The van der Waals surface area contributed by atoms with Crippen LogP contribution < -0.4 is 10.5 Å². The number of benzene rings is 2. The van der Waals surface area contributed by atoms with Crippen LogP contribution >= 0.6 is 0 Å². The lowest BCUT2D eigenvalue weighted by atomic mass is 10.2. The summed E-state index contributed by atoms with van der Waals surface area (Å²) in [4.78, 5) is 0. The zero-order chi connectivity index (χ0) is 14.8. The molecule has 0 aliphatic heterocycles. The molecule has 0 amide bonds. The predicted octanol–water partition coefficient (Wildman–Crippen LogP) is 3.57. The van der Waals surface area contributed by atoms with Gasteiger partial charge in [-0.2, -0.15) is 13.2 Å². The molecule has 0 heterocycles. The van der Waals surface area contributed by atoms with Gasteiger partial charge in [0.1, 0.15) is 11.5 Å². The molecule has 3 N–H and O–H groups in total. The van der Waals surface area contributed by atoms with Crippen LogP contribution in [0.3, 0.4) is 0 Å². The number of alkyl halides is 3. The quantitative estimate of drug-likeness (QED) is 0.847. The van der Waals surface area contributed by atoms with E-state index in [-0.39, 0.29) is 18.0 Å². The van der Waals surface area contributed by atoms with Crippen LogP contribution in [0.5, 0.6) is 11.5 Å². The number of aliphatic hydroxyl groups excluding tert-OH is 1. The Bertz CT molecular complexity index is 594. The second kappa shape index (κ2) is 5.42. The molecule has 3 nitrogen and oxygen atoms in total. The Morgan fingerprint density at radius 3 is 2.20 bits per heavy atom. The van der Waals surface area contributed by atoms with Crippen LogP contribution in [0.2, 0.25) is 0 Å². The lowest BCUT2D eigenvalue weighted by molar-refractivity contribution is -0.137. The second-order valence-electron chi connectivity index (χ2n) is 4.15. The van der Waals surface area contributed by atoms with Crippen molar-refractivity contribution in [1.29, 1.82) is 0 Å². The highest BCUT2D eigenvalue weighted by atomic mass is 19.4. The molecular formula is C14H12F3NO2. The fourth-order valence-electron chi connectivity index (χ4n) is 1.61. The number of anilines is 1. The van der Waals surface area contributed by atoms with Gasteiger partial charge in [-0.05, 0) is 35.9 Å². The van der Waals surface area contributed by atoms with Crippen LogP contribution in [0, 0.1) is 0 Å². The van der Waals surface area contributed by atoms with E-state index < -0.39 is 11.7 Å². The highest BCUT2D eigenvalue weighted by Gasteiger charge is 2.30. The summed E-state index contributed by atoms with van der Waals surface area (Å²) >= 11 is 0. The molecule has 2 rings (SSSR count). The van der Waals surface area contributed by atoms with E-state index in [1.54, 1.807) is 24.3 Å². The maximum Gasteiger partial charge on any atom is 0.416 e. The van der Waals surface area contributed by atoms with E-state index >= 15 is 0 Å². The first kappa shape index (κ1) is 14.2. The third-order valence-corrected chi connectivity index (χ3v) is 2.67. The fourth-order valence-corrected chi connectivity index (χ4v) is 1.61. The van der Waals surface area contributed by atoms with Crippen molar-refractivity contribution < 1.29 is 23.0 Å². The number of nitrogen functional groups attached to an aromatic ring is 1. The molecule has 0 radical (unpaired) electrons. The Morgan fingerprint density at radius 1 is 1.05 bits per heavy atom. The molecule has 20 heavy (non-hydrogen) atoms. The molecule has 2 aromatic rings. The molecule has 0 bridgehead atoms. The van der Waals surface area contributed by atoms with E-state index in [2.05, 4.69) is 0 Å². The van der Waals surface area contributed by atoms with E-state index in [9.17, 15) is 13.2 Å². The van der Waals surface area contributed by atoms with Crippen molar-refractivity contribution in [3.05, 3.63) is 53.6 Å². The van der Waals surface area contributed by atoms with Crippen molar-refractivity contribution in [1.82, 2.24) is 0 Å². The molecule has 0 fully saturated rings. The molecule has 0 aliphatic rings. The van der Waals surface area contributed by atoms with E-state index in [0.29, 0.717) is 11.3 Å². The Hall–Kier alpha value is -2.21. The summed E-state index contributed by atoms with van der Waals surface area (Å²) < 4.78 is 42.9. The predicted molar refractivity (Wildman–Crippen MR) is 68.3 cm³/mol. The Labute approximate surface area is 113 Å². The average Bonchev–Trinajstić information content (AvgIpc) is 2.41. The normalized spacial score (nSPS) is 11.4. The first-order valence-corrected chi connectivity index (χ1v) is 5.74. The monoisotopic (exact) mass is 283 g/mol. The van der Waals surface area contributed by atoms with Gasteiger partial charge in [-0.1, -0.05) is 12.1 Å². The van der Waals surface area contributed by atoms with Gasteiger partial charge in [0.15, 0.2) is 0 Å². The molecule has 0 saturated carbocycles. The number of aliphatic hydroxyl groups is 1. The van der Waals surface area contributed by atoms with Gasteiger partial charge < -0.3 is 15.6 Å². The van der Waals surface area contributed by atoms with Gasteiger partial charge in [0, 0.05) is 0 Å². The number of hydrogen-bond donors (Lipinski definition) is 2. The van der Waals surface area contributed by atoms with Gasteiger partial charge in [-0.25, -0.2) is 0 Å². The van der Waals surface area contributed by atoms with Crippen molar-refractivity contribution in [2.24, 2.45) is 0 Å². The van der Waals surface area contributed by atoms with Gasteiger partial charge in [0.25, 0.3) is 0 Å². The lowest BCUT2D eigenvalue weighted by Gasteiger charge is -2.12. The maximum absolute atomic E-state index is 12.5. The van der Waals surface area contributed by atoms with Crippen LogP contribution in [0.1, 0.15) is 11.1 Å². The third kappa shape index (κ3) is 3.21. The van der Waals surface area contributed by atoms with Crippen LogP contribution in [-0.4, -0.2) is 5.11 Å². The third-order valence-electron chi connectivity index (χ3n) is 2.67. The maximum atomic E-state index is 12.5. The van der Waals surface area contributed by atoms with Crippen molar-refractivity contribution in [3.63, 3.8) is 0 Å². The lowest BCUT2D eigenvalue weighted by Crippen LogP contribution is -2.05. The smallest absolute Gasteiger partial charge is 0.416 e. The number of halogens is 3. The first-order chi connectivity index (χ1) is 9.40. The van der Waals surface area contributed by atoms with Crippen LogP contribution in [0.15, 0.2) is 42.5 Å². The molecular weight excluding hydrogens is 271 g/mol. The Balaban J connectivity index is 2.21. The van der Waals surface area contributed by atoms with Crippen molar-refractivity contribution in [2.75, 3.05) is 5.73 Å². The zero-order valence-electron chi connectivity index (χ0n) is 10.3. The summed E-state index contributed by atoms with van der Waals surface area (Å²) in [7, 11) is 0. The number of ether oxygens (including phenoxy) is 1. The molecule has 106 valence electrons. The Kier molecular flexibility index (Phi) is 3.85. The molecule has 0 aromatic heterocycles. The van der Waals surface area contributed by atoms with E-state index in [1.807, 2.05) is 0 Å². The fraction of sp³-hybridized carbons (Fsp3) is 0.143. The summed E-state index contributed by atoms with van der Waals surface area (Å²) in [6.45, 7) is -0.0945. The van der Waals surface area contributed by atoms with Gasteiger partial charge >= 0.3 is 6.18 Å². The molecule has 0 aliphatic carbocycles. The van der Waals surface area contributed by atoms with Crippen LogP contribution in [-0.2, 0) is 12.8 Å². The summed E-state index contributed by atoms with van der Waals surface area (Å²) in [6, 6.07) is 9.42. The van der Waals surface area contributed by atoms with Gasteiger partial charge in [0.05, 0.1) is 17.9 Å². The molecule has 0 atom stereocenters. The first-order valence-electron chi connectivity index (χ1n) is 5.74. The van der Waals surface area contributed by atoms with Crippen LogP contribution in [0.25, 0.3) is 0 Å². The van der Waals surface area contributed by atoms with Crippen LogP contribution in [0.4, 0.5) is 18.9 Å². The largest absolute Gasteiger partial charge is 0.455 e. The Morgan fingerprint density at radius 2 is 1.70 bits per heavy atom. The van der Waals surface area contributed by atoms with Crippen molar-refractivity contribution in [3.8, 4) is 11.5 Å².